The topological polar surface area (TPSA) is 52.9 Å². The number of nitrogens with one attached hydrogen (secondary N) is 1. The number of anilines is 1. The number of nitriles is 1. The average Bonchev–Trinajstić information content (AvgIpc) is 2.70. The number of carbonyl (C=O) groups is 1. The summed E-state index contributed by atoms with van der Waals surface area (Å²) in [5.41, 5.74) is 0.666. The third-order valence-corrected chi connectivity index (χ3v) is 6.13. The number of hydrogen-bond donors (Lipinski definition) is 1. The Bertz CT molecular complexity index is 852. The van der Waals surface area contributed by atoms with E-state index in [0.717, 1.165) is 9.79 Å². The number of hydrogen-bond acceptors (Lipinski definition) is 4. The highest BCUT2D eigenvalue weighted by molar-refractivity contribution is 8.19. The molecule has 0 spiro atoms. The van der Waals surface area contributed by atoms with E-state index in [4.69, 9.17) is 0 Å². The molecule has 0 bridgehead atoms. The van der Waals surface area contributed by atoms with Gasteiger partial charge >= 0.3 is 0 Å². The highest BCUT2D eigenvalue weighted by atomic mass is 32.2. The molecule has 0 unspecified atom stereocenters. The molecule has 3 aromatic carbocycles. The molecule has 0 aliphatic rings. The second-order valence-corrected chi connectivity index (χ2v) is 8.21. The van der Waals surface area contributed by atoms with Crippen LogP contribution in [0.4, 0.5) is 5.69 Å². The first kappa shape index (κ1) is 18.1. The van der Waals surface area contributed by atoms with Crippen LogP contribution in [0.25, 0.3) is 0 Å². The fourth-order valence-electron chi connectivity index (χ4n) is 2.25. The van der Waals surface area contributed by atoms with Crippen molar-refractivity contribution in [2.45, 2.75) is 13.9 Å². The van der Waals surface area contributed by atoms with E-state index in [9.17, 15) is 10.1 Å². The number of nitrogens with zero attached hydrogens (tertiary/aromatic N) is 1. The van der Waals surface area contributed by atoms with E-state index in [1.54, 1.807) is 12.1 Å². The molecule has 5 heteroatoms. The van der Waals surface area contributed by atoms with Crippen LogP contribution >= 0.6 is 23.5 Å². The van der Waals surface area contributed by atoms with Crippen molar-refractivity contribution in [1.29, 1.82) is 5.26 Å². The molecule has 3 aromatic rings. The molecule has 3 rings (SSSR count). The molecule has 0 heterocycles. The maximum absolute atomic E-state index is 13.1. The minimum Gasteiger partial charge on any atom is -0.323 e. The Hall–Kier alpha value is -2.68. The number of para-hydroxylation sites is 1. The predicted octanol–water partition coefficient (Wildman–Crippen LogP) is 5.43. The van der Waals surface area contributed by atoms with Crippen molar-refractivity contribution in [2.24, 2.45) is 0 Å². The largest absolute Gasteiger partial charge is 0.323 e. The van der Waals surface area contributed by atoms with Gasteiger partial charge in [-0.25, -0.2) is 0 Å². The molecular formula is C21H16N2OS2. The SMILES string of the molecule is N#CC(Sc1ccccc1)(Sc1ccccc1)C(=O)Nc1ccccc1. The molecule has 128 valence electrons. The fourth-order valence-corrected chi connectivity index (χ4v) is 4.63. The van der Waals surface area contributed by atoms with Crippen LogP contribution in [0.1, 0.15) is 0 Å². The standard InChI is InChI=1S/C21H16N2OS2/c22-16-21(25-18-12-6-2-7-13-18,26-19-14-8-3-9-15-19)20(24)23-17-10-4-1-5-11-17/h1-15H,(H,23,24). The Morgan fingerprint density at radius 1 is 0.769 bits per heavy atom. The number of carbonyl (C=O) groups excluding carboxylic acids is 1. The van der Waals surface area contributed by atoms with Gasteiger partial charge in [-0.15, -0.1) is 0 Å². The summed E-state index contributed by atoms with van der Waals surface area (Å²) in [6, 6.07) is 30.4. The van der Waals surface area contributed by atoms with E-state index >= 15 is 0 Å². The van der Waals surface area contributed by atoms with Gasteiger partial charge < -0.3 is 5.32 Å². The smallest absolute Gasteiger partial charge is 0.266 e. The zero-order chi connectivity index (χ0) is 18.2. The maximum atomic E-state index is 13.1. The molecule has 1 amide bonds. The Balaban J connectivity index is 1.93. The Kier molecular flexibility index (Phi) is 6.00. The third kappa shape index (κ3) is 4.48. The van der Waals surface area contributed by atoms with Gasteiger partial charge in [-0.3, -0.25) is 4.79 Å². The molecule has 0 aliphatic carbocycles. The van der Waals surface area contributed by atoms with Crippen LogP contribution < -0.4 is 5.32 Å². The Labute approximate surface area is 161 Å². The summed E-state index contributed by atoms with van der Waals surface area (Å²) in [6.45, 7) is 0. The number of amides is 1. The minimum atomic E-state index is -1.35. The molecule has 26 heavy (non-hydrogen) atoms. The molecule has 0 radical (unpaired) electrons. The molecule has 0 aromatic heterocycles. The van der Waals surface area contributed by atoms with Crippen molar-refractivity contribution in [3.8, 4) is 6.07 Å². The van der Waals surface area contributed by atoms with Crippen molar-refractivity contribution in [3.05, 3.63) is 91.0 Å². The fraction of sp³-hybridized carbons (Fsp3) is 0.0476. The second kappa shape index (κ2) is 8.61. The quantitative estimate of drug-likeness (QED) is 0.460. The van der Waals surface area contributed by atoms with Crippen LogP contribution in [-0.4, -0.2) is 9.99 Å². The summed E-state index contributed by atoms with van der Waals surface area (Å²) >= 11 is 2.50. The summed E-state index contributed by atoms with van der Waals surface area (Å²) < 4.78 is -1.35. The van der Waals surface area contributed by atoms with E-state index in [-0.39, 0.29) is 5.91 Å². The average molecular weight is 377 g/mol. The van der Waals surface area contributed by atoms with Crippen LogP contribution in [0.3, 0.4) is 0 Å². The van der Waals surface area contributed by atoms with Gasteiger partial charge in [0.25, 0.3) is 5.91 Å². The van der Waals surface area contributed by atoms with Gasteiger partial charge in [0, 0.05) is 15.5 Å². The molecule has 1 N–H and O–H groups in total. The summed E-state index contributed by atoms with van der Waals surface area (Å²) in [5.74, 6) is -0.353. The van der Waals surface area contributed by atoms with Gasteiger partial charge in [0.2, 0.25) is 4.08 Å². The van der Waals surface area contributed by atoms with Crippen LogP contribution in [0.2, 0.25) is 0 Å². The van der Waals surface area contributed by atoms with Gasteiger partial charge in [-0.2, -0.15) is 5.26 Å². The first-order chi connectivity index (χ1) is 12.7. The van der Waals surface area contributed by atoms with E-state index in [1.165, 1.54) is 23.5 Å². The summed E-state index contributed by atoms with van der Waals surface area (Å²) in [7, 11) is 0. The molecule has 0 saturated carbocycles. The number of rotatable bonds is 6. The maximum Gasteiger partial charge on any atom is 0.266 e. The Morgan fingerprint density at radius 2 is 1.19 bits per heavy atom. The minimum absolute atomic E-state index is 0.353. The lowest BCUT2D eigenvalue weighted by molar-refractivity contribution is -0.115. The molecule has 0 saturated heterocycles. The summed E-state index contributed by atoms with van der Waals surface area (Å²) in [5, 5.41) is 12.9. The van der Waals surface area contributed by atoms with E-state index in [2.05, 4.69) is 11.4 Å². The summed E-state index contributed by atoms with van der Waals surface area (Å²) in [6.07, 6.45) is 0. The third-order valence-electron chi connectivity index (χ3n) is 3.49. The number of thioether (sulfide) groups is 2. The monoisotopic (exact) mass is 376 g/mol. The van der Waals surface area contributed by atoms with Crippen molar-refractivity contribution < 1.29 is 4.79 Å². The van der Waals surface area contributed by atoms with E-state index < -0.39 is 4.08 Å². The van der Waals surface area contributed by atoms with Gasteiger partial charge in [0.15, 0.2) is 0 Å². The highest BCUT2D eigenvalue weighted by Gasteiger charge is 2.41. The van der Waals surface area contributed by atoms with Crippen LogP contribution in [-0.2, 0) is 4.79 Å². The van der Waals surface area contributed by atoms with Crippen molar-refractivity contribution in [3.63, 3.8) is 0 Å². The van der Waals surface area contributed by atoms with E-state index in [1.807, 2.05) is 78.9 Å². The number of benzene rings is 3. The predicted molar refractivity (Wildman–Crippen MR) is 108 cm³/mol. The van der Waals surface area contributed by atoms with Gasteiger partial charge in [-0.1, -0.05) is 78.1 Å². The first-order valence-corrected chi connectivity index (χ1v) is 9.61. The molecule has 0 aliphatic heterocycles. The van der Waals surface area contributed by atoms with Gasteiger partial charge in [0.1, 0.15) is 6.07 Å². The lowest BCUT2D eigenvalue weighted by atomic mass is 10.3. The van der Waals surface area contributed by atoms with Crippen LogP contribution in [0.15, 0.2) is 101 Å². The summed E-state index contributed by atoms with van der Waals surface area (Å²) in [4.78, 5) is 14.8. The van der Waals surface area contributed by atoms with Crippen molar-refractivity contribution >= 4 is 35.1 Å². The van der Waals surface area contributed by atoms with E-state index in [0.29, 0.717) is 5.69 Å². The lowest BCUT2D eigenvalue weighted by Crippen LogP contribution is -2.35. The van der Waals surface area contributed by atoms with Crippen molar-refractivity contribution in [1.82, 2.24) is 0 Å². The molecule has 3 nitrogen and oxygen atoms in total. The first-order valence-electron chi connectivity index (χ1n) is 7.98. The normalized spacial score (nSPS) is 10.7. The molecular weight excluding hydrogens is 360 g/mol. The van der Waals surface area contributed by atoms with Crippen molar-refractivity contribution in [2.75, 3.05) is 5.32 Å². The highest BCUT2D eigenvalue weighted by Crippen LogP contribution is 2.46. The molecule has 0 fully saturated rings. The lowest BCUT2D eigenvalue weighted by Gasteiger charge is -2.24. The van der Waals surface area contributed by atoms with Crippen LogP contribution in [0, 0.1) is 11.3 Å². The zero-order valence-electron chi connectivity index (χ0n) is 13.8. The molecule has 0 atom stereocenters. The van der Waals surface area contributed by atoms with Gasteiger partial charge in [-0.05, 0) is 36.4 Å². The Morgan fingerprint density at radius 3 is 1.62 bits per heavy atom. The van der Waals surface area contributed by atoms with Gasteiger partial charge in [0.05, 0.1) is 0 Å². The second-order valence-electron chi connectivity index (χ2n) is 5.38. The van der Waals surface area contributed by atoms with Crippen LogP contribution in [0.5, 0.6) is 0 Å². The zero-order valence-corrected chi connectivity index (χ0v) is 15.5.